The maximum Gasteiger partial charge on any atom is 0.300 e. The topological polar surface area (TPSA) is 141 Å². The number of primary sulfonamides is 1. The second-order valence-electron chi connectivity index (χ2n) is 7.91. The van der Waals surface area contributed by atoms with E-state index in [9.17, 15) is 22.4 Å². The van der Waals surface area contributed by atoms with E-state index >= 15 is 0 Å². The summed E-state index contributed by atoms with van der Waals surface area (Å²) in [5, 5.41) is 15.9. The average molecular weight is 499 g/mol. The van der Waals surface area contributed by atoms with Crippen LogP contribution in [0.5, 0.6) is 0 Å². The fourth-order valence-corrected chi connectivity index (χ4v) is 4.14. The number of aromatic nitrogens is 4. The number of carbonyl (C=O) groups excluding carboxylic acids is 1. The van der Waals surface area contributed by atoms with Crippen molar-refractivity contribution < 1.29 is 17.6 Å². The van der Waals surface area contributed by atoms with Gasteiger partial charge in [0.05, 0.1) is 10.6 Å². The Morgan fingerprint density at radius 3 is 2.54 bits per heavy atom. The zero-order valence-corrected chi connectivity index (χ0v) is 19.4. The van der Waals surface area contributed by atoms with E-state index in [1.807, 2.05) is 0 Å². The van der Waals surface area contributed by atoms with Gasteiger partial charge in [-0.15, -0.1) is 10.2 Å². The van der Waals surface area contributed by atoms with Gasteiger partial charge in [0.25, 0.3) is 0 Å². The lowest BCUT2D eigenvalue weighted by Crippen LogP contribution is -2.25. The van der Waals surface area contributed by atoms with Gasteiger partial charge in [-0.2, -0.15) is 0 Å². The number of hydrogen-bond acceptors (Lipinski definition) is 6. The number of benzene rings is 2. The average Bonchev–Trinajstić information content (AvgIpc) is 3.23. The third-order valence-electron chi connectivity index (χ3n) is 5.42. The zero-order valence-electron chi connectivity index (χ0n) is 18.6. The minimum Gasteiger partial charge on any atom is -0.356 e. The van der Waals surface area contributed by atoms with Gasteiger partial charge in [-0.1, -0.05) is 18.2 Å². The van der Waals surface area contributed by atoms with Crippen LogP contribution in [0.3, 0.4) is 0 Å². The quantitative estimate of drug-likeness (QED) is 0.357. The van der Waals surface area contributed by atoms with Crippen LogP contribution in [0.15, 0.2) is 70.6 Å². The molecular weight excluding hydrogens is 475 g/mol. The van der Waals surface area contributed by atoms with Crippen LogP contribution in [-0.2, 0) is 27.7 Å². The van der Waals surface area contributed by atoms with Crippen LogP contribution in [0, 0.1) is 5.82 Å². The maximum absolute atomic E-state index is 13.5. The molecule has 0 aliphatic rings. The summed E-state index contributed by atoms with van der Waals surface area (Å²) in [6.45, 7) is 0.404. The van der Waals surface area contributed by atoms with Gasteiger partial charge >= 0.3 is 5.56 Å². The molecule has 3 N–H and O–H groups in total. The fourth-order valence-electron chi connectivity index (χ4n) is 3.62. The molecule has 2 heterocycles. The molecule has 1 amide bonds. The van der Waals surface area contributed by atoms with Crippen LogP contribution >= 0.6 is 0 Å². The number of amides is 1. The molecule has 0 saturated heterocycles. The van der Waals surface area contributed by atoms with Gasteiger partial charge in [0, 0.05) is 31.8 Å². The van der Waals surface area contributed by atoms with E-state index in [-0.39, 0.29) is 22.9 Å². The highest BCUT2D eigenvalue weighted by molar-refractivity contribution is 7.89. The van der Waals surface area contributed by atoms with Crippen molar-refractivity contribution >= 4 is 21.6 Å². The largest absolute Gasteiger partial charge is 0.356 e. The molecule has 0 aliphatic carbocycles. The third kappa shape index (κ3) is 5.78. The Balaban J connectivity index is 1.29. The first-order valence-electron chi connectivity index (χ1n) is 10.8. The maximum atomic E-state index is 13.5. The lowest BCUT2D eigenvalue weighted by atomic mass is 10.1. The lowest BCUT2D eigenvalue weighted by molar-refractivity contribution is -0.121. The highest BCUT2D eigenvalue weighted by atomic mass is 32.2. The van der Waals surface area contributed by atoms with Gasteiger partial charge in [-0.25, -0.2) is 17.9 Å². The number of hydrogen-bond donors (Lipinski definition) is 2. The number of rotatable bonds is 9. The third-order valence-corrected chi connectivity index (χ3v) is 6.35. The normalized spacial score (nSPS) is 11.6. The van der Waals surface area contributed by atoms with Crippen molar-refractivity contribution in [2.24, 2.45) is 5.14 Å². The molecule has 0 radical (unpaired) electrons. The molecule has 0 saturated carbocycles. The second-order valence-corrected chi connectivity index (χ2v) is 9.47. The molecular formula is C23H23FN6O4S. The summed E-state index contributed by atoms with van der Waals surface area (Å²) in [5.74, 6) is -0.0330. The highest BCUT2D eigenvalue weighted by Gasteiger charge is 2.13. The molecule has 35 heavy (non-hydrogen) atoms. The van der Waals surface area contributed by atoms with Gasteiger partial charge in [0.2, 0.25) is 21.6 Å². The zero-order chi connectivity index (χ0) is 25.0. The molecule has 0 bridgehead atoms. The van der Waals surface area contributed by atoms with Gasteiger partial charge in [-0.05, 0) is 48.7 Å². The van der Waals surface area contributed by atoms with E-state index in [1.165, 1.54) is 41.1 Å². The number of nitrogens with zero attached hydrogens (tertiary/aromatic N) is 4. The molecule has 0 atom stereocenters. The van der Waals surface area contributed by atoms with Crippen LogP contribution in [-0.4, -0.2) is 40.0 Å². The molecule has 4 rings (SSSR count). The van der Waals surface area contributed by atoms with Crippen LogP contribution in [0.1, 0.15) is 24.2 Å². The Morgan fingerprint density at radius 1 is 1.06 bits per heavy atom. The first kappa shape index (κ1) is 24.2. The Morgan fingerprint density at radius 2 is 1.83 bits per heavy atom. The minimum atomic E-state index is -3.73. The van der Waals surface area contributed by atoms with Gasteiger partial charge in [0.1, 0.15) is 11.6 Å². The molecule has 0 unspecified atom stereocenters. The molecule has 2 aromatic heterocycles. The first-order valence-corrected chi connectivity index (χ1v) is 12.4. The summed E-state index contributed by atoms with van der Waals surface area (Å²) in [6, 6.07) is 11.9. The van der Waals surface area contributed by atoms with Gasteiger partial charge in [0.15, 0.2) is 0 Å². The Labute approximate surface area is 200 Å². The smallest absolute Gasteiger partial charge is 0.300 e. The van der Waals surface area contributed by atoms with E-state index in [0.717, 1.165) is 5.56 Å². The Hall–Kier alpha value is -3.90. The molecule has 182 valence electrons. The Kier molecular flexibility index (Phi) is 7.03. The molecule has 0 spiro atoms. The predicted octanol–water partition coefficient (Wildman–Crippen LogP) is 1.35. The number of fused-ring (bicyclic) bond motifs is 1. The van der Waals surface area contributed by atoms with Crippen molar-refractivity contribution in [2.75, 3.05) is 6.54 Å². The number of halogens is 1. The standard InChI is InChI=1S/C23H23FN6O4S/c24-17-3-1-4-18(15-17)29-13-14-30-20(27-28-22(30)23(29)32)5-2-6-21(31)26-12-11-16-7-9-19(10-8-16)35(25,33)34/h1,3-4,7-10,13-15H,2,5-6,11-12H2,(H,26,31)(H2,25,33,34). The SMILES string of the molecule is NS(=O)(=O)c1ccc(CCNC(=O)CCCc2nnc3c(=O)n(-c4cccc(F)c4)ccn23)cc1. The van der Waals surface area contributed by atoms with E-state index in [0.29, 0.717) is 37.3 Å². The molecule has 12 heteroatoms. The Bertz CT molecular complexity index is 1530. The van der Waals surface area contributed by atoms with E-state index < -0.39 is 21.4 Å². The summed E-state index contributed by atoms with van der Waals surface area (Å²) in [6.07, 6.45) is 4.91. The van der Waals surface area contributed by atoms with E-state index in [1.54, 1.807) is 28.8 Å². The number of sulfonamides is 1. The summed E-state index contributed by atoms with van der Waals surface area (Å²) < 4.78 is 39.0. The van der Waals surface area contributed by atoms with Crippen LogP contribution in [0.25, 0.3) is 11.3 Å². The molecule has 2 aromatic carbocycles. The van der Waals surface area contributed by atoms with Gasteiger partial charge in [-0.3, -0.25) is 18.6 Å². The van der Waals surface area contributed by atoms with Crippen molar-refractivity contribution in [3.8, 4) is 5.69 Å². The van der Waals surface area contributed by atoms with Gasteiger partial charge < -0.3 is 5.32 Å². The lowest BCUT2D eigenvalue weighted by Gasteiger charge is -2.07. The summed E-state index contributed by atoms with van der Waals surface area (Å²) >= 11 is 0. The van der Waals surface area contributed by atoms with E-state index in [4.69, 9.17) is 5.14 Å². The highest BCUT2D eigenvalue weighted by Crippen LogP contribution is 2.11. The number of carbonyl (C=O) groups is 1. The minimum absolute atomic E-state index is 0.0409. The number of aryl methyl sites for hydroxylation is 1. The molecule has 0 aliphatic heterocycles. The van der Waals surface area contributed by atoms with Crippen molar-refractivity contribution in [2.45, 2.75) is 30.6 Å². The van der Waals surface area contributed by atoms with Crippen molar-refractivity contribution in [3.05, 3.63) is 88.5 Å². The first-order chi connectivity index (χ1) is 16.7. The van der Waals surface area contributed by atoms with Crippen LogP contribution in [0.2, 0.25) is 0 Å². The monoisotopic (exact) mass is 498 g/mol. The van der Waals surface area contributed by atoms with E-state index in [2.05, 4.69) is 15.5 Å². The molecule has 4 aromatic rings. The van der Waals surface area contributed by atoms with Crippen molar-refractivity contribution in [1.29, 1.82) is 0 Å². The summed E-state index contributed by atoms with van der Waals surface area (Å²) in [7, 11) is -3.73. The van der Waals surface area contributed by atoms with Crippen molar-refractivity contribution in [3.63, 3.8) is 0 Å². The van der Waals surface area contributed by atoms with Crippen LogP contribution in [0.4, 0.5) is 4.39 Å². The van der Waals surface area contributed by atoms with Crippen molar-refractivity contribution in [1.82, 2.24) is 24.5 Å². The predicted molar refractivity (Wildman–Crippen MR) is 126 cm³/mol. The summed E-state index contributed by atoms with van der Waals surface area (Å²) in [5.41, 5.74) is 0.951. The molecule has 0 fully saturated rings. The number of nitrogens with one attached hydrogen (secondary N) is 1. The number of nitrogens with two attached hydrogens (primary N) is 1. The van der Waals surface area contributed by atoms with Crippen LogP contribution < -0.4 is 16.0 Å². The molecule has 10 nitrogen and oxygen atoms in total. The second kappa shape index (κ2) is 10.2. The summed E-state index contributed by atoms with van der Waals surface area (Å²) in [4.78, 5) is 25.0. The fraction of sp³-hybridized carbons (Fsp3) is 0.217.